The summed E-state index contributed by atoms with van der Waals surface area (Å²) in [6, 6.07) is 5.42. The number of nitrogens with zero attached hydrogens (tertiary/aromatic N) is 3. The largest absolute Gasteiger partial charge is 0.449 e. The van der Waals surface area contributed by atoms with Crippen LogP contribution >= 0.6 is 11.8 Å². The van der Waals surface area contributed by atoms with Crippen molar-refractivity contribution in [1.29, 1.82) is 0 Å². The fourth-order valence-electron chi connectivity index (χ4n) is 10.9. The fourth-order valence-corrected chi connectivity index (χ4v) is 11.7. The Morgan fingerprint density at radius 1 is 1.18 bits per heavy atom. The number of fused-ring (bicyclic) bond motifs is 6. The lowest BCUT2D eigenvalue weighted by molar-refractivity contribution is -0.231. The summed E-state index contributed by atoms with van der Waals surface area (Å²) in [6.07, 6.45) is 4.96. The number of alkyl halides is 2. The summed E-state index contributed by atoms with van der Waals surface area (Å²) in [4.78, 5) is 53.5. The van der Waals surface area contributed by atoms with Crippen LogP contribution in [0.4, 0.5) is 8.78 Å². The van der Waals surface area contributed by atoms with Crippen molar-refractivity contribution in [2.45, 2.75) is 102 Å². The highest BCUT2D eigenvalue weighted by Gasteiger charge is 2.77. The maximum absolute atomic E-state index is 18.3. The van der Waals surface area contributed by atoms with Gasteiger partial charge in [0.2, 0.25) is 11.0 Å². The van der Waals surface area contributed by atoms with Gasteiger partial charge in [-0.1, -0.05) is 39.3 Å². The molecule has 1 aromatic heterocycles. The molecule has 51 heavy (non-hydrogen) atoms. The number of aliphatic hydroxyl groups is 1. The van der Waals surface area contributed by atoms with Crippen LogP contribution in [0.5, 0.6) is 0 Å². The molecular weight excluding hydrogens is 679 g/mol. The molecule has 9 atom stereocenters. The van der Waals surface area contributed by atoms with Crippen LogP contribution in [-0.4, -0.2) is 78.7 Å². The molecule has 2 heterocycles. The third-order valence-corrected chi connectivity index (χ3v) is 14.0. The number of benzene rings is 1. The topological polar surface area (TPSA) is 145 Å². The number of carbonyl (C=O) groups excluding carboxylic acids is 4. The highest BCUT2D eigenvalue weighted by Crippen LogP contribution is 2.72. The monoisotopic (exact) mass is 724 g/mol. The van der Waals surface area contributed by atoms with Crippen molar-refractivity contribution < 1.29 is 37.8 Å². The number of amides is 2. The Morgan fingerprint density at radius 3 is 2.65 bits per heavy atom. The highest BCUT2D eigenvalue weighted by molar-refractivity contribution is 8.13. The summed E-state index contributed by atoms with van der Waals surface area (Å²) >= 11 is 0.471. The summed E-state index contributed by atoms with van der Waals surface area (Å²) < 4.78 is 39.8. The van der Waals surface area contributed by atoms with Crippen LogP contribution in [0.1, 0.15) is 94.3 Å². The lowest BCUT2D eigenvalue weighted by atomic mass is 9.44. The lowest BCUT2D eigenvalue weighted by Gasteiger charge is -2.63. The van der Waals surface area contributed by atoms with Gasteiger partial charge in [0.25, 0.3) is 5.91 Å². The zero-order valence-electron chi connectivity index (χ0n) is 29.5. The molecular formula is C38H46F2N4O6S. The van der Waals surface area contributed by atoms with E-state index in [1.807, 2.05) is 32.9 Å². The van der Waals surface area contributed by atoms with Crippen molar-refractivity contribution in [3.63, 3.8) is 0 Å². The standard InChI is InChI=1S/C38H46F2N4O6S/c1-5-31(46)50-38(34(49)51-20-39)21(2)14-27-26-12-11-24-16-29-23(17-35(24,3)37(26,40)30(45)18-36(27,38)4)19-42-44(29)25-9-6-8-22(15-25)33(48)43-13-7-10-28(43)32(41)47/h6,8-9,15-16,19,21,26-28,30,45H,5,7,10-14,17-18,20H2,1-4H3,(H2,41,47)/t21-,26?,27+,28-,30?,35+,36+,37+,38+/m1/s1. The molecule has 1 aliphatic heterocycles. The molecule has 1 aromatic carbocycles. The van der Waals surface area contributed by atoms with Gasteiger partial charge in [0.1, 0.15) is 17.7 Å². The van der Waals surface area contributed by atoms with Gasteiger partial charge < -0.3 is 20.5 Å². The van der Waals surface area contributed by atoms with Crippen LogP contribution in [0, 0.1) is 28.6 Å². The minimum Gasteiger partial charge on any atom is -0.449 e. The predicted molar refractivity (Wildman–Crippen MR) is 187 cm³/mol. The Bertz CT molecular complexity index is 1830. The number of esters is 1. The van der Waals surface area contributed by atoms with E-state index in [0.29, 0.717) is 61.7 Å². The number of hydrogen-bond donors (Lipinski definition) is 2. The molecule has 0 radical (unpaired) electrons. The summed E-state index contributed by atoms with van der Waals surface area (Å²) in [5.41, 5.74) is 3.08. The van der Waals surface area contributed by atoms with E-state index in [2.05, 4.69) is 5.10 Å². The maximum Gasteiger partial charge on any atom is 0.306 e. The van der Waals surface area contributed by atoms with E-state index in [1.165, 1.54) is 4.90 Å². The molecule has 10 nitrogen and oxygen atoms in total. The number of likely N-dealkylation sites (tertiary alicyclic amines) is 1. The van der Waals surface area contributed by atoms with E-state index in [0.717, 1.165) is 16.8 Å². The van der Waals surface area contributed by atoms with Crippen LogP contribution in [-0.2, 0) is 25.5 Å². The van der Waals surface area contributed by atoms with Gasteiger partial charge in [-0.15, -0.1) is 0 Å². The van der Waals surface area contributed by atoms with Crippen molar-refractivity contribution in [2.75, 3.05) is 12.6 Å². The quantitative estimate of drug-likeness (QED) is 0.365. The first kappa shape index (κ1) is 35.8. The van der Waals surface area contributed by atoms with Crippen LogP contribution in [0.2, 0.25) is 0 Å². The van der Waals surface area contributed by atoms with Gasteiger partial charge in [-0.3, -0.25) is 19.2 Å². The molecule has 2 amide bonds. The van der Waals surface area contributed by atoms with Gasteiger partial charge in [0, 0.05) is 41.2 Å². The summed E-state index contributed by atoms with van der Waals surface area (Å²) in [6.45, 7) is 7.58. The number of aliphatic hydroxyl groups excluding tert-OH is 1. The number of ether oxygens (including phenoxy) is 1. The number of primary amides is 1. The van der Waals surface area contributed by atoms with Crippen molar-refractivity contribution in [2.24, 2.45) is 34.3 Å². The van der Waals surface area contributed by atoms with Gasteiger partial charge >= 0.3 is 5.97 Å². The molecule has 274 valence electrons. The second kappa shape index (κ2) is 12.5. The molecule has 5 aliphatic rings. The van der Waals surface area contributed by atoms with Crippen LogP contribution in [0.3, 0.4) is 0 Å². The molecule has 3 saturated carbocycles. The molecule has 13 heteroatoms. The van der Waals surface area contributed by atoms with E-state index in [4.69, 9.17) is 10.5 Å². The Hall–Kier alpha value is -3.58. The van der Waals surface area contributed by atoms with Crippen LogP contribution in [0.15, 0.2) is 36.0 Å². The zero-order valence-corrected chi connectivity index (χ0v) is 30.3. The Labute approximate surface area is 300 Å². The van der Waals surface area contributed by atoms with E-state index in [9.17, 15) is 28.7 Å². The average Bonchev–Trinajstić information content (AvgIpc) is 3.80. The minimum atomic E-state index is -2.07. The number of allylic oxidation sites excluding steroid dienone is 1. The number of rotatable bonds is 7. The Morgan fingerprint density at radius 2 is 1.94 bits per heavy atom. The smallest absolute Gasteiger partial charge is 0.306 e. The first-order valence-corrected chi connectivity index (χ1v) is 19.0. The Balaban J connectivity index is 1.22. The molecule has 2 unspecified atom stereocenters. The fraction of sp³-hybridized carbons (Fsp3) is 0.605. The molecule has 2 aromatic rings. The normalized spacial score (nSPS) is 36.7. The number of nitrogens with two attached hydrogens (primary N) is 1. The van der Waals surface area contributed by atoms with Crippen LogP contribution < -0.4 is 5.73 Å². The molecule has 4 aliphatic carbocycles. The van der Waals surface area contributed by atoms with Crippen molar-refractivity contribution >= 4 is 40.7 Å². The first-order chi connectivity index (χ1) is 24.2. The maximum atomic E-state index is 18.3. The van der Waals surface area contributed by atoms with Crippen LogP contribution in [0.25, 0.3) is 11.8 Å². The molecule has 1 saturated heterocycles. The summed E-state index contributed by atoms with van der Waals surface area (Å²) in [7, 11) is 0. The highest BCUT2D eigenvalue weighted by atomic mass is 32.2. The minimum absolute atomic E-state index is 0.0267. The lowest BCUT2D eigenvalue weighted by Crippen LogP contribution is -2.70. The Kier molecular flexibility index (Phi) is 8.80. The third-order valence-electron chi connectivity index (χ3n) is 13.3. The molecule has 0 spiro atoms. The average molecular weight is 725 g/mol. The van der Waals surface area contributed by atoms with Gasteiger partial charge in [-0.25, -0.2) is 13.5 Å². The SMILES string of the molecule is CCC(=O)O[C@]1(C(=O)SCF)[C@H](C)C[C@H]2C3CCC4=Cc5c(cnn5-c5cccc(C(=O)N6CCC[C@@H]6C(N)=O)c5)C[C@]4(C)[C@@]3(F)C(O)C[C@@]21C. The van der Waals surface area contributed by atoms with Gasteiger partial charge in [0.05, 0.1) is 23.7 Å². The van der Waals surface area contributed by atoms with Crippen molar-refractivity contribution in [1.82, 2.24) is 14.7 Å². The molecule has 4 fully saturated rings. The predicted octanol–water partition coefficient (Wildman–Crippen LogP) is 5.33. The van der Waals surface area contributed by atoms with Crippen molar-refractivity contribution in [3.8, 4) is 5.69 Å². The third kappa shape index (κ3) is 4.92. The zero-order chi connectivity index (χ0) is 36.7. The second-order valence-electron chi connectivity index (χ2n) is 15.7. The van der Waals surface area contributed by atoms with Gasteiger partial charge in [0.15, 0.2) is 5.60 Å². The van der Waals surface area contributed by atoms with E-state index < -0.39 is 75.0 Å². The first-order valence-electron chi connectivity index (χ1n) is 18.0. The van der Waals surface area contributed by atoms with Crippen molar-refractivity contribution in [3.05, 3.63) is 52.9 Å². The van der Waals surface area contributed by atoms with E-state index in [-0.39, 0.29) is 25.2 Å². The van der Waals surface area contributed by atoms with E-state index in [1.54, 1.807) is 36.0 Å². The van der Waals surface area contributed by atoms with Gasteiger partial charge in [-0.05, 0) is 92.5 Å². The summed E-state index contributed by atoms with van der Waals surface area (Å²) in [5.74, 6) is -2.92. The molecule has 3 N–H and O–H groups in total. The summed E-state index contributed by atoms with van der Waals surface area (Å²) in [5, 5.41) is 16.1. The number of aromatic nitrogens is 2. The van der Waals surface area contributed by atoms with Gasteiger partial charge in [-0.2, -0.15) is 5.10 Å². The second-order valence-corrected chi connectivity index (χ2v) is 16.5. The number of hydrogen-bond acceptors (Lipinski definition) is 8. The molecule has 7 rings (SSSR count). The number of thioether (sulfide) groups is 1. The number of halogens is 2. The van der Waals surface area contributed by atoms with E-state index >= 15 is 4.39 Å². The molecule has 0 bridgehead atoms. The number of carbonyl (C=O) groups is 4.